The Morgan fingerprint density at radius 3 is 2.59 bits per heavy atom. The molecular formula is C15H23ClN2O3S. The molecule has 1 fully saturated rings. The Kier molecular flexibility index (Phi) is 6.84. The van der Waals surface area contributed by atoms with E-state index in [9.17, 15) is 13.2 Å². The van der Waals surface area contributed by atoms with Crippen molar-refractivity contribution in [3.63, 3.8) is 0 Å². The molecule has 1 aromatic carbocycles. The Hall–Kier alpha value is -1.11. The highest BCUT2D eigenvalue weighted by atomic mass is 35.5. The van der Waals surface area contributed by atoms with Crippen LogP contribution in [-0.2, 0) is 9.84 Å². The minimum absolute atomic E-state index is 0. The van der Waals surface area contributed by atoms with E-state index in [0.29, 0.717) is 18.9 Å². The second-order valence-corrected chi connectivity index (χ2v) is 7.60. The van der Waals surface area contributed by atoms with E-state index in [4.69, 9.17) is 5.73 Å². The Morgan fingerprint density at radius 1 is 1.36 bits per heavy atom. The Morgan fingerprint density at radius 2 is 2.00 bits per heavy atom. The lowest BCUT2D eigenvalue weighted by atomic mass is 10.2. The van der Waals surface area contributed by atoms with Gasteiger partial charge in [-0.05, 0) is 37.3 Å². The molecular weight excluding hydrogens is 324 g/mol. The number of hydrogen-bond donors (Lipinski definition) is 2. The average molecular weight is 347 g/mol. The number of halogens is 1. The summed E-state index contributed by atoms with van der Waals surface area (Å²) in [6.07, 6.45) is 2.74. The molecule has 1 unspecified atom stereocenters. The number of nitrogens with two attached hydrogens (primary N) is 1. The lowest BCUT2D eigenvalue weighted by molar-refractivity contribution is 0.0947. The Bertz CT molecular complexity index is 615. The zero-order valence-corrected chi connectivity index (χ0v) is 14.3. The molecule has 0 aliphatic heterocycles. The van der Waals surface area contributed by atoms with E-state index in [2.05, 4.69) is 5.32 Å². The first-order valence-corrected chi connectivity index (χ1v) is 8.96. The van der Waals surface area contributed by atoms with Crippen molar-refractivity contribution in [1.82, 2.24) is 5.32 Å². The Balaban J connectivity index is 0.00000242. The first kappa shape index (κ1) is 18.9. The predicted octanol–water partition coefficient (Wildman–Crippen LogP) is 1.76. The van der Waals surface area contributed by atoms with Crippen molar-refractivity contribution in [2.24, 2.45) is 11.7 Å². The molecule has 5 nitrogen and oxygen atoms in total. The van der Waals surface area contributed by atoms with Crippen LogP contribution in [0.2, 0.25) is 0 Å². The topological polar surface area (TPSA) is 89.3 Å². The van der Waals surface area contributed by atoms with Crippen LogP contribution in [0.5, 0.6) is 0 Å². The SMILES string of the molecule is CCCS(=O)(=O)c1ccccc1C(=O)NCC(N)C1CC1.Cl. The van der Waals surface area contributed by atoms with Gasteiger partial charge in [-0.2, -0.15) is 0 Å². The van der Waals surface area contributed by atoms with Crippen molar-refractivity contribution in [3.8, 4) is 0 Å². The van der Waals surface area contributed by atoms with Crippen LogP contribution in [0, 0.1) is 5.92 Å². The molecule has 0 aromatic heterocycles. The third kappa shape index (κ3) is 4.69. The molecule has 0 bridgehead atoms. The van der Waals surface area contributed by atoms with Gasteiger partial charge >= 0.3 is 0 Å². The predicted molar refractivity (Wildman–Crippen MR) is 89.1 cm³/mol. The molecule has 3 N–H and O–H groups in total. The number of sulfone groups is 1. The lowest BCUT2D eigenvalue weighted by Gasteiger charge is -2.13. The molecule has 1 aromatic rings. The van der Waals surface area contributed by atoms with Crippen LogP contribution >= 0.6 is 12.4 Å². The molecule has 0 spiro atoms. The number of nitrogens with one attached hydrogen (secondary N) is 1. The summed E-state index contributed by atoms with van der Waals surface area (Å²) in [5.74, 6) is 0.157. The van der Waals surface area contributed by atoms with Crippen molar-refractivity contribution < 1.29 is 13.2 Å². The molecule has 2 rings (SSSR count). The molecule has 1 amide bonds. The number of hydrogen-bond acceptors (Lipinski definition) is 4. The third-order valence-corrected chi connectivity index (χ3v) is 5.64. The molecule has 124 valence electrons. The summed E-state index contributed by atoms with van der Waals surface area (Å²) in [4.78, 5) is 12.3. The molecule has 1 aliphatic rings. The zero-order chi connectivity index (χ0) is 15.5. The summed E-state index contributed by atoms with van der Waals surface area (Å²) in [5, 5.41) is 2.75. The average Bonchev–Trinajstić information content (AvgIpc) is 3.29. The lowest BCUT2D eigenvalue weighted by Crippen LogP contribution is -2.39. The second-order valence-electron chi connectivity index (χ2n) is 5.53. The number of rotatable bonds is 7. The fraction of sp³-hybridized carbons (Fsp3) is 0.533. The quantitative estimate of drug-likeness (QED) is 0.787. The van der Waals surface area contributed by atoms with Gasteiger partial charge in [-0.15, -0.1) is 12.4 Å². The summed E-state index contributed by atoms with van der Waals surface area (Å²) < 4.78 is 24.4. The number of carbonyl (C=O) groups is 1. The molecule has 0 saturated heterocycles. The first-order valence-electron chi connectivity index (χ1n) is 7.31. The maximum Gasteiger partial charge on any atom is 0.252 e. The minimum atomic E-state index is -3.42. The van der Waals surface area contributed by atoms with Crippen LogP contribution in [-0.4, -0.2) is 32.7 Å². The third-order valence-electron chi connectivity index (χ3n) is 3.67. The maximum atomic E-state index is 12.2. The fourth-order valence-corrected chi connectivity index (χ4v) is 3.84. The molecule has 0 radical (unpaired) electrons. The van der Waals surface area contributed by atoms with E-state index < -0.39 is 9.84 Å². The van der Waals surface area contributed by atoms with Crippen molar-refractivity contribution in [1.29, 1.82) is 0 Å². The first-order chi connectivity index (χ1) is 9.95. The van der Waals surface area contributed by atoms with Gasteiger partial charge in [0.15, 0.2) is 9.84 Å². The van der Waals surface area contributed by atoms with Gasteiger partial charge in [-0.3, -0.25) is 4.79 Å². The molecule has 22 heavy (non-hydrogen) atoms. The molecule has 7 heteroatoms. The standard InChI is InChI=1S/C15H22N2O3S.ClH/c1-2-9-21(19,20)14-6-4-3-5-12(14)15(18)17-10-13(16)11-7-8-11;/h3-6,11,13H,2,7-10,16H2,1H3,(H,17,18);1H. The number of amides is 1. The maximum absolute atomic E-state index is 12.2. The second kappa shape index (κ2) is 7.94. The van der Waals surface area contributed by atoms with Gasteiger partial charge in [0.05, 0.1) is 16.2 Å². The van der Waals surface area contributed by atoms with Crippen LogP contribution in [0.1, 0.15) is 36.5 Å². The smallest absolute Gasteiger partial charge is 0.252 e. The van der Waals surface area contributed by atoms with Crippen molar-refractivity contribution in [2.45, 2.75) is 37.1 Å². The normalized spacial score (nSPS) is 15.7. The van der Waals surface area contributed by atoms with E-state index in [1.54, 1.807) is 25.1 Å². The highest BCUT2D eigenvalue weighted by Crippen LogP contribution is 2.31. The van der Waals surface area contributed by atoms with Crippen LogP contribution in [0.3, 0.4) is 0 Å². The number of benzene rings is 1. The van der Waals surface area contributed by atoms with Gasteiger partial charge in [-0.25, -0.2) is 8.42 Å². The van der Waals surface area contributed by atoms with E-state index in [1.165, 1.54) is 6.07 Å². The monoisotopic (exact) mass is 346 g/mol. The highest BCUT2D eigenvalue weighted by Gasteiger charge is 2.29. The van der Waals surface area contributed by atoms with E-state index in [-0.39, 0.29) is 40.6 Å². The van der Waals surface area contributed by atoms with E-state index in [1.807, 2.05) is 0 Å². The highest BCUT2D eigenvalue weighted by molar-refractivity contribution is 7.91. The van der Waals surface area contributed by atoms with Crippen molar-refractivity contribution in [2.75, 3.05) is 12.3 Å². The van der Waals surface area contributed by atoms with Crippen molar-refractivity contribution >= 4 is 28.2 Å². The van der Waals surface area contributed by atoms with Crippen LogP contribution in [0.15, 0.2) is 29.2 Å². The Labute approximate surface area is 138 Å². The van der Waals surface area contributed by atoms with Gasteiger partial charge in [0, 0.05) is 12.6 Å². The van der Waals surface area contributed by atoms with Crippen molar-refractivity contribution in [3.05, 3.63) is 29.8 Å². The van der Waals surface area contributed by atoms with Gasteiger partial charge in [0.2, 0.25) is 0 Å². The largest absolute Gasteiger partial charge is 0.350 e. The molecule has 1 saturated carbocycles. The van der Waals surface area contributed by atoms with Gasteiger partial charge < -0.3 is 11.1 Å². The summed E-state index contributed by atoms with van der Waals surface area (Å²) in [5.41, 5.74) is 6.15. The van der Waals surface area contributed by atoms with Gasteiger partial charge in [0.1, 0.15) is 0 Å². The summed E-state index contributed by atoms with van der Waals surface area (Å²) >= 11 is 0. The summed E-state index contributed by atoms with van der Waals surface area (Å²) in [6, 6.07) is 6.28. The summed E-state index contributed by atoms with van der Waals surface area (Å²) in [6.45, 7) is 2.18. The fourth-order valence-electron chi connectivity index (χ4n) is 2.30. The molecule has 1 aliphatic carbocycles. The number of carbonyl (C=O) groups excluding carboxylic acids is 1. The minimum Gasteiger partial charge on any atom is -0.350 e. The van der Waals surface area contributed by atoms with Crippen LogP contribution in [0.4, 0.5) is 0 Å². The van der Waals surface area contributed by atoms with E-state index in [0.717, 1.165) is 12.8 Å². The molecule has 1 atom stereocenters. The molecule has 0 heterocycles. The van der Waals surface area contributed by atoms with E-state index >= 15 is 0 Å². The van der Waals surface area contributed by atoms with Crippen LogP contribution in [0.25, 0.3) is 0 Å². The van der Waals surface area contributed by atoms with Crippen LogP contribution < -0.4 is 11.1 Å². The zero-order valence-electron chi connectivity index (χ0n) is 12.6. The van der Waals surface area contributed by atoms with Gasteiger partial charge in [-0.1, -0.05) is 19.1 Å². The summed E-state index contributed by atoms with van der Waals surface area (Å²) in [7, 11) is -3.42. The van der Waals surface area contributed by atoms with Gasteiger partial charge in [0.25, 0.3) is 5.91 Å².